The fraction of sp³-hybridized carbons (Fsp3) is 0.833. The monoisotopic (exact) mass is 145 g/mol. The van der Waals surface area contributed by atoms with Crippen molar-refractivity contribution in [2.75, 3.05) is 6.61 Å². The second kappa shape index (κ2) is 2.98. The Bertz CT molecular complexity index is 137. The molecule has 10 heavy (non-hydrogen) atoms. The lowest BCUT2D eigenvalue weighted by Gasteiger charge is -2.06. The topological polar surface area (TPSA) is 69.6 Å². The van der Waals surface area contributed by atoms with E-state index < -0.39 is 12.0 Å². The van der Waals surface area contributed by atoms with Crippen LogP contribution in [0.25, 0.3) is 0 Å². The van der Waals surface area contributed by atoms with Crippen LogP contribution in [0.3, 0.4) is 0 Å². The molecule has 0 aromatic carbocycles. The fourth-order valence-electron chi connectivity index (χ4n) is 1.16. The molecule has 0 aromatic rings. The number of aliphatic hydroxyl groups excluding tert-OH is 1. The van der Waals surface area contributed by atoms with Crippen molar-refractivity contribution in [2.45, 2.75) is 24.9 Å². The molecule has 1 aliphatic rings. The minimum atomic E-state index is -0.823. The van der Waals surface area contributed by atoms with Gasteiger partial charge in [0.05, 0.1) is 6.61 Å². The maximum atomic E-state index is 10.3. The Balaban J connectivity index is 2.35. The number of hydrogen-bond donors (Lipinski definition) is 3. The summed E-state index contributed by atoms with van der Waals surface area (Å²) < 4.78 is 0. The van der Waals surface area contributed by atoms with Crippen LogP contribution in [0.4, 0.5) is 0 Å². The number of nitrogens with one attached hydrogen (secondary N) is 1. The van der Waals surface area contributed by atoms with Crippen LogP contribution in [-0.4, -0.2) is 34.9 Å². The second-order valence-electron chi connectivity index (χ2n) is 2.51. The van der Waals surface area contributed by atoms with E-state index in [-0.39, 0.29) is 12.6 Å². The molecule has 0 spiro atoms. The van der Waals surface area contributed by atoms with Gasteiger partial charge in [-0.3, -0.25) is 10.1 Å². The first-order chi connectivity index (χ1) is 4.74. The van der Waals surface area contributed by atoms with E-state index in [4.69, 9.17) is 10.2 Å². The minimum absolute atomic E-state index is 0.0129. The molecule has 0 aliphatic carbocycles. The van der Waals surface area contributed by atoms with Crippen LogP contribution in [0.1, 0.15) is 12.8 Å². The predicted octanol–water partition coefficient (Wildman–Crippen LogP) is -0.816. The first-order valence-electron chi connectivity index (χ1n) is 3.33. The van der Waals surface area contributed by atoms with Crippen LogP contribution in [0.15, 0.2) is 0 Å². The summed E-state index contributed by atoms with van der Waals surface area (Å²) >= 11 is 0. The highest BCUT2D eigenvalue weighted by Crippen LogP contribution is 2.11. The third kappa shape index (κ3) is 1.46. The van der Waals surface area contributed by atoms with Gasteiger partial charge in [0.25, 0.3) is 0 Å². The van der Waals surface area contributed by atoms with Crippen molar-refractivity contribution in [1.29, 1.82) is 0 Å². The van der Waals surface area contributed by atoms with E-state index in [1.165, 1.54) is 0 Å². The van der Waals surface area contributed by atoms with E-state index in [0.29, 0.717) is 6.42 Å². The summed E-state index contributed by atoms with van der Waals surface area (Å²) in [5.74, 6) is -0.823. The Morgan fingerprint density at radius 1 is 1.60 bits per heavy atom. The Hall–Kier alpha value is -0.610. The number of rotatable bonds is 2. The lowest BCUT2D eigenvalue weighted by Crippen LogP contribution is -2.36. The number of aliphatic hydroxyl groups is 1. The molecule has 1 rings (SSSR count). The maximum Gasteiger partial charge on any atom is 0.320 e. The lowest BCUT2D eigenvalue weighted by molar-refractivity contribution is -0.139. The number of carbonyl (C=O) groups is 1. The van der Waals surface area contributed by atoms with Crippen molar-refractivity contribution < 1.29 is 15.0 Å². The summed E-state index contributed by atoms with van der Waals surface area (Å²) in [6, 6.07) is -0.460. The van der Waals surface area contributed by atoms with Gasteiger partial charge in [-0.25, -0.2) is 0 Å². The normalized spacial score (nSPS) is 32.5. The molecule has 1 unspecified atom stereocenters. The molecule has 2 atom stereocenters. The van der Waals surface area contributed by atoms with Crippen LogP contribution in [0, 0.1) is 0 Å². The molecule has 0 aromatic heterocycles. The number of hydrogen-bond acceptors (Lipinski definition) is 3. The zero-order valence-electron chi connectivity index (χ0n) is 5.58. The summed E-state index contributed by atoms with van der Waals surface area (Å²) in [5, 5.41) is 19.9. The summed E-state index contributed by atoms with van der Waals surface area (Å²) in [7, 11) is 0. The van der Waals surface area contributed by atoms with Crippen molar-refractivity contribution in [3.63, 3.8) is 0 Å². The molecule has 3 N–H and O–H groups in total. The number of carboxylic acid groups (broad SMARTS) is 1. The van der Waals surface area contributed by atoms with Crippen LogP contribution >= 0.6 is 0 Å². The summed E-state index contributed by atoms with van der Waals surface area (Å²) in [4.78, 5) is 10.3. The van der Waals surface area contributed by atoms with Gasteiger partial charge in [0, 0.05) is 6.04 Å². The van der Waals surface area contributed by atoms with Crippen LogP contribution in [0.2, 0.25) is 0 Å². The molecule has 58 valence electrons. The van der Waals surface area contributed by atoms with E-state index in [1.54, 1.807) is 0 Å². The van der Waals surface area contributed by atoms with Gasteiger partial charge in [0.15, 0.2) is 0 Å². The Morgan fingerprint density at radius 2 is 2.30 bits per heavy atom. The van der Waals surface area contributed by atoms with Gasteiger partial charge < -0.3 is 10.2 Å². The quantitative estimate of drug-likeness (QED) is 0.475. The summed E-state index contributed by atoms with van der Waals surface area (Å²) in [5.41, 5.74) is 0. The molecule has 0 radical (unpaired) electrons. The van der Waals surface area contributed by atoms with E-state index >= 15 is 0 Å². The van der Waals surface area contributed by atoms with Gasteiger partial charge in [0.2, 0.25) is 0 Å². The van der Waals surface area contributed by atoms with Gasteiger partial charge in [-0.15, -0.1) is 0 Å². The van der Waals surface area contributed by atoms with E-state index in [1.807, 2.05) is 0 Å². The Labute approximate surface area is 58.9 Å². The van der Waals surface area contributed by atoms with Crippen LogP contribution < -0.4 is 5.32 Å². The molecule has 0 amide bonds. The van der Waals surface area contributed by atoms with E-state index in [0.717, 1.165) is 6.42 Å². The van der Waals surface area contributed by atoms with Crippen LogP contribution in [0.5, 0.6) is 0 Å². The largest absolute Gasteiger partial charge is 0.480 e. The van der Waals surface area contributed by atoms with Crippen molar-refractivity contribution in [2.24, 2.45) is 0 Å². The highest BCUT2D eigenvalue weighted by atomic mass is 16.4. The highest BCUT2D eigenvalue weighted by molar-refractivity contribution is 5.73. The van der Waals surface area contributed by atoms with Gasteiger partial charge in [-0.1, -0.05) is 0 Å². The van der Waals surface area contributed by atoms with Crippen molar-refractivity contribution in [1.82, 2.24) is 5.32 Å². The van der Waals surface area contributed by atoms with E-state index in [9.17, 15) is 4.79 Å². The SMILES string of the molecule is O=C(O)C1CC[C@@H](CO)N1. The number of carboxylic acids is 1. The second-order valence-corrected chi connectivity index (χ2v) is 2.51. The average molecular weight is 145 g/mol. The molecule has 1 heterocycles. The Kier molecular flexibility index (Phi) is 2.24. The molecule has 4 heteroatoms. The smallest absolute Gasteiger partial charge is 0.320 e. The summed E-state index contributed by atoms with van der Waals surface area (Å²) in [6.07, 6.45) is 1.38. The first-order valence-corrected chi connectivity index (χ1v) is 3.33. The Morgan fingerprint density at radius 3 is 2.60 bits per heavy atom. The average Bonchev–Trinajstić information content (AvgIpc) is 2.34. The van der Waals surface area contributed by atoms with Gasteiger partial charge in [-0.2, -0.15) is 0 Å². The zero-order chi connectivity index (χ0) is 7.56. The standard InChI is InChI=1S/C6H11NO3/c8-3-4-1-2-5(7-4)6(9)10/h4-5,7-8H,1-3H2,(H,9,10)/t4-,5?/m0/s1. The minimum Gasteiger partial charge on any atom is -0.480 e. The molecular weight excluding hydrogens is 134 g/mol. The van der Waals surface area contributed by atoms with Crippen molar-refractivity contribution >= 4 is 5.97 Å². The third-order valence-electron chi connectivity index (χ3n) is 1.76. The predicted molar refractivity (Wildman–Crippen MR) is 34.7 cm³/mol. The van der Waals surface area contributed by atoms with Gasteiger partial charge >= 0.3 is 5.97 Å². The zero-order valence-corrected chi connectivity index (χ0v) is 5.58. The first kappa shape index (κ1) is 7.50. The summed E-state index contributed by atoms with van der Waals surface area (Å²) in [6.45, 7) is 0.0315. The van der Waals surface area contributed by atoms with Gasteiger partial charge in [-0.05, 0) is 12.8 Å². The van der Waals surface area contributed by atoms with Crippen molar-refractivity contribution in [3.05, 3.63) is 0 Å². The van der Waals surface area contributed by atoms with Gasteiger partial charge in [0.1, 0.15) is 6.04 Å². The lowest BCUT2D eigenvalue weighted by atomic mass is 10.2. The third-order valence-corrected chi connectivity index (χ3v) is 1.76. The molecule has 0 bridgehead atoms. The van der Waals surface area contributed by atoms with E-state index in [2.05, 4.69) is 5.32 Å². The van der Waals surface area contributed by atoms with Crippen molar-refractivity contribution in [3.8, 4) is 0 Å². The molecule has 4 nitrogen and oxygen atoms in total. The molecule has 0 saturated carbocycles. The fourth-order valence-corrected chi connectivity index (χ4v) is 1.16. The highest BCUT2D eigenvalue weighted by Gasteiger charge is 2.27. The molecule has 1 saturated heterocycles. The van der Waals surface area contributed by atoms with Crippen LogP contribution in [-0.2, 0) is 4.79 Å². The molecular formula is C6H11NO3. The number of aliphatic carboxylic acids is 1. The maximum absolute atomic E-state index is 10.3. The molecule has 1 fully saturated rings. The molecule has 1 aliphatic heterocycles.